The number of hydrogen-bond donors (Lipinski definition) is 1. The Bertz CT molecular complexity index is 966. The predicted molar refractivity (Wildman–Crippen MR) is 106 cm³/mol. The molecule has 1 amide bonds. The van der Waals surface area contributed by atoms with Gasteiger partial charge in [0.15, 0.2) is 0 Å². The van der Waals surface area contributed by atoms with E-state index >= 15 is 0 Å². The summed E-state index contributed by atoms with van der Waals surface area (Å²) in [4.78, 5) is 31.7. The molecule has 0 aliphatic carbocycles. The number of halogens is 1. The summed E-state index contributed by atoms with van der Waals surface area (Å²) in [7, 11) is 0. The number of carbonyl (C=O) groups is 1. The van der Waals surface area contributed by atoms with Gasteiger partial charge in [0, 0.05) is 12.7 Å². The maximum absolute atomic E-state index is 13.1. The van der Waals surface area contributed by atoms with Crippen LogP contribution >= 0.6 is 0 Å². The van der Waals surface area contributed by atoms with E-state index in [2.05, 4.69) is 25.3 Å². The number of benzene rings is 1. The SMILES string of the molecule is O=C(Cc1ccc(F)cc1)N1CCCC[C@@H]1c1ccnc(Nc2cncnc2)n1. The zero-order chi connectivity index (χ0) is 20.1. The van der Waals surface area contributed by atoms with E-state index in [0.29, 0.717) is 18.2 Å². The van der Waals surface area contributed by atoms with Crippen molar-refractivity contribution >= 4 is 17.5 Å². The maximum Gasteiger partial charge on any atom is 0.227 e. The number of likely N-dealkylation sites (tertiary alicyclic amines) is 1. The molecule has 29 heavy (non-hydrogen) atoms. The lowest BCUT2D eigenvalue weighted by atomic mass is 9.98. The van der Waals surface area contributed by atoms with Crippen molar-refractivity contribution in [1.82, 2.24) is 24.8 Å². The fourth-order valence-electron chi connectivity index (χ4n) is 3.53. The first-order valence-electron chi connectivity index (χ1n) is 9.58. The largest absolute Gasteiger partial charge is 0.334 e. The molecule has 8 heteroatoms. The van der Waals surface area contributed by atoms with Gasteiger partial charge in [-0.15, -0.1) is 0 Å². The van der Waals surface area contributed by atoms with Gasteiger partial charge in [-0.05, 0) is 43.0 Å². The third-order valence-corrected chi connectivity index (χ3v) is 4.93. The van der Waals surface area contributed by atoms with Gasteiger partial charge in [0.05, 0.1) is 36.2 Å². The maximum atomic E-state index is 13.1. The molecular formula is C21H21FN6O. The Morgan fingerprint density at radius 1 is 1.14 bits per heavy atom. The molecule has 0 bridgehead atoms. The van der Waals surface area contributed by atoms with Gasteiger partial charge in [0.25, 0.3) is 0 Å². The van der Waals surface area contributed by atoms with E-state index < -0.39 is 0 Å². The Morgan fingerprint density at radius 2 is 1.93 bits per heavy atom. The Balaban J connectivity index is 1.51. The third-order valence-electron chi connectivity index (χ3n) is 4.93. The van der Waals surface area contributed by atoms with Crippen LogP contribution < -0.4 is 5.32 Å². The summed E-state index contributed by atoms with van der Waals surface area (Å²) in [6, 6.07) is 7.81. The van der Waals surface area contributed by atoms with Crippen LogP contribution in [0.2, 0.25) is 0 Å². The van der Waals surface area contributed by atoms with Gasteiger partial charge in [-0.25, -0.2) is 24.3 Å². The van der Waals surface area contributed by atoms with Crippen LogP contribution in [0, 0.1) is 5.82 Å². The lowest BCUT2D eigenvalue weighted by Gasteiger charge is -2.35. The molecular weight excluding hydrogens is 371 g/mol. The molecule has 1 fully saturated rings. The average Bonchev–Trinajstić information content (AvgIpc) is 2.76. The second-order valence-corrected chi connectivity index (χ2v) is 6.96. The molecule has 4 rings (SSSR count). The molecule has 1 aliphatic heterocycles. The van der Waals surface area contributed by atoms with E-state index in [9.17, 15) is 9.18 Å². The number of hydrogen-bond acceptors (Lipinski definition) is 6. The first kappa shape index (κ1) is 18.9. The Labute approximate surface area is 168 Å². The summed E-state index contributed by atoms with van der Waals surface area (Å²) >= 11 is 0. The summed E-state index contributed by atoms with van der Waals surface area (Å²) in [5, 5.41) is 3.09. The highest BCUT2D eigenvalue weighted by Crippen LogP contribution is 2.31. The number of aromatic nitrogens is 4. The predicted octanol–water partition coefficient (Wildman–Crippen LogP) is 3.45. The molecule has 0 unspecified atom stereocenters. The molecule has 0 radical (unpaired) electrons. The van der Waals surface area contributed by atoms with Crippen LogP contribution in [0.5, 0.6) is 0 Å². The van der Waals surface area contributed by atoms with Crippen molar-refractivity contribution in [3.05, 3.63) is 72.3 Å². The molecule has 3 heterocycles. The van der Waals surface area contributed by atoms with Crippen LogP contribution in [0.3, 0.4) is 0 Å². The van der Waals surface area contributed by atoms with Gasteiger partial charge >= 0.3 is 0 Å². The number of anilines is 2. The monoisotopic (exact) mass is 392 g/mol. The Morgan fingerprint density at radius 3 is 2.72 bits per heavy atom. The minimum Gasteiger partial charge on any atom is -0.334 e. The Hall–Kier alpha value is -3.42. The van der Waals surface area contributed by atoms with Crippen molar-refractivity contribution < 1.29 is 9.18 Å². The van der Waals surface area contributed by atoms with Crippen molar-refractivity contribution in [2.24, 2.45) is 0 Å². The van der Waals surface area contributed by atoms with Crippen LogP contribution in [0.1, 0.15) is 36.6 Å². The van der Waals surface area contributed by atoms with Gasteiger partial charge < -0.3 is 10.2 Å². The Kier molecular flexibility index (Phi) is 5.69. The third kappa shape index (κ3) is 4.71. The highest BCUT2D eigenvalue weighted by Gasteiger charge is 2.29. The van der Waals surface area contributed by atoms with E-state index in [1.165, 1.54) is 18.5 Å². The summed E-state index contributed by atoms with van der Waals surface area (Å²) in [6.07, 6.45) is 9.51. The van der Waals surface area contributed by atoms with E-state index in [1.54, 1.807) is 30.7 Å². The van der Waals surface area contributed by atoms with Crippen LogP contribution in [-0.4, -0.2) is 37.3 Å². The van der Waals surface area contributed by atoms with Crippen molar-refractivity contribution in [2.45, 2.75) is 31.7 Å². The summed E-state index contributed by atoms with van der Waals surface area (Å²) in [5.74, 6) is 0.154. The van der Waals surface area contributed by atoms with Gasteiger partial charge in [-0.1, -0.05) is 12.1 Å². The topological polar surface area (TPSA) is 83.9 Å². The molecule has 1 aliphatic rings. The normalized spacial score (nSPS) is 16.4. The van der Waals surface area contributed by atoms with Gasteiger partial charge in [0.2, 0.25) is 11.9 Å². The van der Waals surface area contributed by atoms with Crippen molar-refractivity contribution in [3.8, 4) is 0 Å². The van der Waals surface area contributed by atoms with Gasteiger partial charge in [-0.3, -0.25) is 4.79 Å². The van der Waals surface area contributed by atoms with Crippen LogP contribution in [-0.2, 0) is 11.2 Å². The molecule has 2 aromatic heterocycles. The molecule has 3 aromatic rings. The molecule has 148 valence electrons. The minimum absolute atomic E-state index is 0.0193. The molecule has 1 aromatic carbocycles. The molecule has 1 N–H and O–H groups in total. The number of nitrogens with zero attached hydrogens (tertiary/aromatic N) is 5. The zero-order valence-electron chi connectivity index (χ0n) is 15.8. The van der Waals surface area contributed by atoms with Gasteiger partial charge in [0.1, 0.15) is 12.1 Å². The number of nitrogens with one attached hydrogen (secondary N) is 1. The molecule has 7 nitrogen and oxygen atoms in total. The molecule has 1 saturated heterocycles. The second kappa shape index (κ2) is 8.72. The fraction of sp³-hybridized carbons (Fsp3) is 0.286. The minimum atomic E-state index is -0.304. The van der Waals surface area contributed by atoms with E-state index in [4.69, 9.17) is 0 Å². The molecule has 0 saturated carbocycles. The van der Waals surface area contributed by atoms with Gasteiger partial charge in [-0.2, -0.15) is 0 Å². The lowest BCUT2D eigenvalue weighted by molar-refractivity contribution is -0.134. The number of carbonyl (C=O) groups excluding carboxylic acids is 1. The highest BCUT2D eigenvalue weighted by molar-refractivity contribution is 5.79. The van der Waals surface area contributed by atoms with E-state index in [-0.39, 0.29) is 24.2 Å². The number of piperidine rings is 1. The first-order chi connectivity index (χ1) is 14.2. The van der Waals surface area contributed by atoms with Crippen molar-refractivity contribution in [1.29, 1.82) is 0 Å². The molecule has 0 spiro atoms. The number of rotatable bonds is 5. The fourth-order valence-corrected chi connectivity index (χ4v) is 3.53. The van der Waals surface area contributed by atoms with Crippen molar-refractivity contribution in [3.63, 3.8) is 0 Å². The van der Waals surface area contributed by atoms with E-state index in [1.807, 2.05) is 11.0 Å². The summed E-state index contributed by atoms with van der Waals surface area (Å²) in [5.41, 5.74) is 2.29. The number of amides is 1. The zero-order valence-corrected chi connectivity index (χ0v) is 15.8. The quantitative estimate of drug-likeness (QED) is 0.716. The highest BCUT2D eigenvalue weighted by atomic mass is 19.1. The summed E-state index contributed by atoms with van der Waals surface area (Å²) in [6.45, 7) is 0.685. The van der Waals surface area contributed by atoms with E-state index in [0.717, 1.165) is 30.5 Å². The van der Waals surface area contributed by atoms with Crippen LogP contribution in [0.4, 0.5) is 16.0 Å². The molecule has 1 atom stereocenters. The lowest BCUT2D eigenvalue weighted by Crippen LogP contribution is -2.39. The standard InChI is InChI=1S/C21H21FN6O/c22-16-6-4-15(5-7-16)11-20(29)28-10-2-1-3-19(28)18-8-9-25-21(27-18)26-17-12-23-14-24-13-17/h4-9,12-14,19H,1-3,10-11H2,(H,25,26,27)/t19-/m1/s1. The average molecular weight is 392 g/mol. The van der Waals surface area contributed by atoms with Crippen molar-refractivity contribution in [2.75, 3.05) is 11.9 Å². The van der Waals surface area contributed by atoms with Crippen LogP contribution in [0.25, 0.3) is 0 Å². The second-order valence-electron chi connectivity index (χ2n) is 6.96. The van der Waals surface area contributed by atoms with Crippen LogP contribution in [0.15, 0.2) is 55.2 Å². The first-order valence-corrected chi connectivity index (χ1v) is 9.58. The summed E-state index contributed by atoms with van der Waals surface area (Å²) < 4.78 is 13.1. The smallest absolute Gasteiger partial charge is 0.227 e.